The van der Waals surface area contributed by atoms with E-state index in [1.165, 1.54) is 12.8 Å². The van der Waals surface area contributed by atoms with Gasteiger partial charge in [0.2, 0.25) is 5.91 Å². The SMILES string of the molecule is CCCCSCc1cc(C(=O)N[C@H]2CCNC2=O)oc1C. The van der Waals surface area contributed by atoms with Gasteiger partial charge in [-0.3, -0.25) is 9.59 Å². The van der Waals surface area contributed by atoms with Crippen molar-refractivity contribution in [3.05, 3.63) is 23.2 Å². The summed E-state index contributed by atoms with van der Waals surface area (Å²) in [4.78, 5) is 23.6. The first-order valence-corrected chi connectivity index (χ1v) is 8.53. The zero-order chi connectivity index (χ0) is 15.2. The monoisotopic (exact) mass is 310 g/mol. The van der Waals surface area contributed by atoms with E-state index in [1.807, 2.05) is 18.7 Å². The summed E-state index contributed by atoms with van der Waals surface area (Å²) in [6.07, 6.45) is 3.02. The number of amides is 2. The van der Waals surface area contributed by atoms with Crippen molar-refractivity contribution >= 4 is 23.6 Å². The van der Waals surface area contributed by atoms with Crippen molar-refractivity contribution in [2.75, 3.05) is 12.3 Å². The minimum atomic E-state index is -0.440. The summed E-state index contributed by atoms with van der Waals surface area (Å²) in [6, 6.07) is 1.35. The summed E-state index contributed by atoms with van der Waals surface area (Å²) in [5.74, 6) is 2.60. The molecule has 6 heteroatoms. The van der Waals surface area contributed by atoms with Crippen LogP contribution in [0.4, 0.5) is 0 Å². The molecule has 0 aliphatic carbocycles. The number of unbranched alkanes of at least 4 members (excludes halogenated alkanes) is 1. The molecule has 1 aromatic rings. The number of carbonyl (C=O) groups is 2. The maximum atomic E-state index is 12.1. The fraction of sp³-hybridized carbons (Fsp3) is 0.600. The van der Waals surface area contributed by atoms with Gasteiger partial charge in [-0.1, -0.05) is 13.3 Å². The molecule has 2 N–H and O–H groups in total. The van der Waals surface area contributed by atoms with Crippen molar-refractivity contribution in [3.63, 3.8) is 0 Å². The molecule has 1 aliphatic rings. The van der Waals surface area contributed by atoms with Gasteiger partial charge >= 0.3 is 0 Å². The van der Waals surface area contributed by atoms with Crippen molar-refractivity contribution in [2.45, 2.75) is 44.9 Å². The number of furan rings is 1. The number of nitrogens with one attached hydrogen (secondary N) is 2. The Kier molecular flexibility index (Phi) is 5.73. The van der Waals surface area contributed by atoms with Crippen LogP contribution in [0.3, 0.4) is 0 Å². The van der Waals surface area contributed by atoms with E-state index in [-0.39, 0.29) is 11.8 Å². The molecule has 1 aliphatic heterocycles. The second kappa shape index (κ2) is 7.54. The average molecular weight is 310 g/mol. The topological polar surface area (TPSA) is 71.3 Å². The molecular weight excluding hydrogens is 288 g/mol. The second-order valence-corrected chi connectivity index (χ2v) is 6.31. The highest BCUT2D eigenvalue weighted by atomic mass is 32.2. The smallest absolute Gasteiger partial charge is 0.287 e. The number of aryl methyl sites for hydroxylation is 1. The van der Waals surface area contributed by atoms with Crippen LogP contribution in [0.15, 0.2) is 10.5 Å². The predicted octanol–water partition coefficient (Wildman–Crippen LogP) is 2.24. The molecule has 0 bridgehead atoms. The van der Waals surface area contributed by atoms with Crippen LogP contribution in [-0.2, 0) is 10.5 Å². The largest absolute Gasteiger partial charge is 0.456 e. The molecule has 0 unspecified atom stereocenters. The Bertz CT molecular complexity index is 513. The highest BCUT2D eigenvalue weighted by molar-refractivity contribution is 7.98. The normalized spacial score (nSPS) is 17.8. The van der Waals surface area contributed by atoms with E-state index >= 15 is 0 Å². The van der Waals surface area contributed by atoms with Crippen LogP contribution in [-0.4, -0.2) is 30.2 Å². The molecule has 2 heterocycles. The Morgan fingerprint density at radius 3 is 3.05 bits per heavy atom. The van der Waals surface area contributed by atoms with Crippen LogP contribution in [0.25, 0.3) is 0 Å². The molecule has 1 fully saturated rings. The zero-order valence-electron chi connectivity index (χ0n) is 12.5. The van der Waals surface area contributed by atoms with Gasteiger partial charge < -0.3 is 15.1 Å². The van der Waals surface area contributed by atoms with E-state index in [2.05, 4.69) is 17.6 Å². The highest BCUT2D eigenvalue weighted by Crippen LogP contribution is 2.21. The van der Waals surface area contributed by atoms with Gasteiger partial charge in [-0.25, -0.2) is 0 Å². The molecule has 2 rings (SSSR count). The number of thioether (sulfide) groups is 1. The maximum Gasteiger partial charge on any atom is 0.287 e. The van der Waals surface area contributed by atoms with Crippen LogP contribution >= 0.6 is 11.8 Å². The van der Waals surface area contributed by atoms with Gasteiger partial charge in [0, 0.05) is 17.9 Å². The van der Waals surface area contributed by atoms with Crippen LogP contribution in [0, 0.1) is 6.92 Å². The first kappa shape index (κ1) is 15.9. The molecule has 2 amide bonds. The second-order valence-electron chi connectivity index (χ2n) is 5.20. The lowest BCUT2D eigenvalue weighted by Gasteiger charge is -2.07. The molecule has 1 aromatic heterocycles. The molecule has 5 nitrogen and oxygen atoms in total. The standard InChI is InChI=1S/C15H22N2O3S/c1-3-4-7-21-9-11-8-13(20-10(11)2)15(19)17-12-5-6-16-14(12)18/h8,12H,3-7,9H2,1-2H3,(H,16,18)(H,17,19)/t12-/m0/s1. The van der Waals surface area contributed by atoms with Crippen molar-refractivity contribution in [2.24, 2.45) is 0 Å². The molecule has 0 aromatic carbocycles. The summed E-state index contributed by atoms with van der Waals surface area (Å²) in [7, 11) is 0. The van der Waals surface area contributed by atoms with Crippen LogP contribution in [0.1, 0.15) is 48.1 Å². The van der Waals surface area contributed by atoms with E-state index in [4.69, 9.17) is 4.42 Å². The minimum Gasteiger partial charge on any atom is -0.456 e. The average Bonchev–Trinajstić information content (AvgIpc) is 3.02. The van der Waals surface area contributed by atoms with E-state index in [1.54, 1.807) is 6.07 Å². The molecule has 0 spiro atoms. The Morgan fingerprint density at radius 1 is 1.57 bits per heavy atom. The lowest BCUT2D eigenvalue weighted by atomic mass is 10.2. The number of hydrogen-bond acceptors (Lipinski definition) is 4. The number of carbonyl (C=O) groups excluding carboxylic acids is 2. The summed E-state index contributed by atoms with van der Waals surface area (Å²) in [6.45, 7) is 4.65. The lowest BCUT2D eigenvalue weighted by Crippen LogP contribution is -2.39. The van der Waals surface area contributed by atoms with E-state index in [9.17, 15) is 9.59 Å². The van der Waals surface area contributed by atoms with Gasteiger partial charge in [0.1, 0.15) is 11.8 Å². The van der Waals surface area contributed by atoms with Crippen molar-refractivity contribution in [1.29, 1.82) is 0 Å². The molecule has 116 valence electrons. The Balaban J connectivity index is 1.90. The molecule has 0 radical (unpaired) electrons. The fourth-order valence-corrected chi connectivity index (χ4v) is 3.31. The van der Waals surface area contributed by atoms with Crippen molar-refractivity contribution in [3.8, 4) is 0 Å². The number of hydrogen-bond donors (Lipinski definition) is 2. The first-order valence-electron chi connectivity index (χ1n) is 7.37. The third kappa shape index (κ3) is 4.27. The molecule has 1 saturated heterocycles. The molecule has 1 atom stereocenters. The minimum absolute atomic E-state index is 0.123. The van der Waals surface area contributed by atoms with E-state index in [0.29, 0.717) is 18.7 Å². The number of rotatable bonds is 7. The van der Waals surface area contributed by atoms with Gasteiger partial charge in [-0.2, -0.15) is 11.8 Å². The highest BCUT2D eigenvalue weighted by Gasteiger charge is 2.27. The maximum absolute atomic E-state index is 12.1. The molecule has 0 saturated carbocycles. The Hall–Kier alpha value is -1.43. The molecule has 21 heavy (non-hydrogen) atoms. The van der Waals surface area contributed by atoms with E-state index < -0.39 is 6.04 Å². The van der Waals surface area contributed by atoms with Gasteiger partial charge in [0.05, 0.1) is 0 Å². The Morgan fingerprint density at radius 2 is 2.38 bits per heavy atom. The molecular formula is C15H22N2O3S. The summed E-state index contributed by atoms with van der Waals surface area (Å²) >= 11 is 1.85. The van der Waals surface area contributed by atoms with Gasteiger partial charge in [0.15, 0.2) is 5.76 Å². The van der Waals surface area contributed by atoms with E-state index in [0.717, 1.165) is 22.8 Å². The van der Waals surface area contributed by atoms with Crippen molar-refractivity contribution < 1.29 is 14.0 Å². The first-order chi connectivity index (χ1) is 10.1. The fourth-order valence-electron chi connectivity index (χ4n) is 2.16. The van der Waals surface area contributed by atoms with Gasteiger partial charge in [-0.15, -0.1) is 0 Å². The van der Waals surface area contributed by atoms with Crippen LogP contribution in [0.5, 0.6) is 0 Å². The van der Waals surface area contributed by atoms with Gasteiger partial charge in [0.25, 0.3) is 5.91 Å². The lowest BCUT2D eigenvalue weighted by molar-refractivity contribution is -0.120. The summed E-state index contributed by atoms with van der Waals surface area (Å²) in [5.41, 5.74) is 1.05. The third-order valence-electron chi connectivity index (χ3n) is 3.50. The Labute approximate surface area is 129 Å². The quantitative estimate of drug-likeness (QED) is 0.758. The summed E-state index contributed by atoms with van der Waals surface area (Å²) in [5, 5.41) is 5.41. The van der Waals surface area contributed by atoms with Crippen LogP contribution in [0.2, 0.25) is 0 Å². The van der Waals surface area contributed by atoms with Gasteiger partial charge in [-0.05, 0) is 31.6 Å². The van der Waals surface area contributed by atoms with Crippen molar-refractivity contribution in [1.82, 2.24) is 10.6 Å². The summed E-state index contributed by atoms with van der Waals surface area (Å²) < 4.78 is 5.52. The van der Waals surface area contributed by atoms with Crippen LogP contribution < -0.4 is 10.6 Å². The zero-order valence-corrected chi connectivity index (χ0v) is 13.3. The predicted molar refractivity (Wildman–Crippen MR) is 83.4 cm³/mol. The third-order valence-corrected chi connectivity index (χ3v) is 4.59.